The number of aromatic nitrogens is 3. The van der Waals surface area contributed by atoms with Gasteiger partial charge in [0, 0.05) is 60.6 Å². The molecule has 2 aromatic heterocycles. The number of nitrogens with zero attached hydrogens (tertiary/aromatic N) is 5. The number of rotatable bonds is 4. The molecule has 5 nitrogen and oxygen atoms in total. The minimum Gasteiger partial charge on any atom is -0.354 e. The van der Waals surface area contributed by atoms with Gasteiger partial charge in [0.2, 0.25) is 0 Å². The third kappa shape index (κ3) is 3.98. The van der Waals surface area contributed by atoms with Crippen molar-refractivity contribution in [2.45, 2.75) is 27.3 Å². The van der Waals surface area contributed by atoms with Gasteiger partial charge in [0.05, 0.1) is 5.69 Å². The Morgan fingerprint density at radius 1 is 0.906 bits per heavy atom. The topological polar surface area (TPSA) is 36.7 Å². The van der Waals surface area contributed by atoms with Crippen molar-refractivity contribution in [3.8, 4) is 11.3 Å². The summed E-state index contributed by atoms with van der Waals surface area (Å²) >= 11 is 6.37. The largest absolute Gasteiger partial charge is 0.354 e. The van der Waals surface area contributed by atoms with Gasteiger partial charge in [-0.1, -0.05) is 59.6 Å². The highest BCUT2D eigenvalue weighted by molar-refractivity contribution is 6.31. The molecule has 2 aromatic carbocycles. The molecule has 1 aliphatic heterocycles. The van der Waals surface area contributed by atoms with Crippen LogP contribution in [0.1, 0.15) is 22.4 Å². The molecule has 0 saturated carbocycles. The molecular formula is C26H28ClN5. The molecule has 5 rings (SSSR count). The van der Waals surface area contributed by atoms with Gasteiger partial charge in [-0.3, -0.25) is 4.90 Å². The zero-order chi connectivity index (χ0) is 22.2. The molecule has 1 saturated heterocycles. The second kappa shape index (κ2) is 8.57. The highest BCUT2D eigenvalue weighted by atomic mass is 35.5. The summed E-state index contributed by atoms with van der Waals surface area (Å²) in [5.74, 6) is 1.12. The third-order valence-electron chi connectivity index (χ3n) is 6.30. The summed E-state index contributed by atoms with van der Waals surface area (Å²) in [5.41, 5.74) is 7.65. The zero-order valence-electron chi connectivity index (χ0n) is 18.8. The molecule has 0 spiro atoms. The molecule has 3 heterocycles. The van der Waals surface area contributed by atoms with Crippen LogP contribution in [0.4, 0.5) is 5.82 Å². The molecule has 1 fully saturated rings. The van der Waals surface area contributed by atoms with Crippen molar-refractivity contribution < 1.29 is 0 Å². The van der Waals surface area contributed by atoms with Crippen molar-refractivity contribution in [2.75, 3.05) is 31.1 Å². The SMILES string of the molecule is Cc1ccc(-c2nn3c(N4CCN(Cc5ccccc5Cl)CC4)cc(C)nc3c2C)cc1. The number of aryl methyl sites for hydroxylation is 3. The van der Waals surface area contributed by atoms with Gasteiger partial charge in [0.25, 0.3) is 0 Å². The van der Waals surface area contributed by atoms with E-state index >= 15 is 0 Å². The van der Waals surface area contributed by atoms with E-state index in [0.717, 1.165) is 71.7 Å². The lowest BCUT2D eigenvalue weighted by Crippen LogP contribution is -2.46. The molecule has 0 bridgehead atoms. The van der Waals surface area contributed by atoms with Crippen molar-refractivity contribution in [3.05, 3.63) is 82.0 Å². The fourth-order valence-corrected chi connectivity index (χ4v) is 4.63. The first-order valence-corrected chi connectivity index (χ1v) is 11.5. The summed E-state index contributed by atoms with van der Waals surface area (Å²) in [6.45, 7) is 11.0. The Morgan fingerprint density at radius 2 is 1.62 bits per heavy atom. The molecular weight excluding hydrogens is 418 g/mol. The molecule has 0 unspecified atom stereocenters. The first-order valence-electron chi connectivity index (χ1n) is 11.1. The molecule has 0 atom stereocenters. The highest BCUT2D eigenvalue weighted by Crippen LogP contribution is 2.29. The summed E-state index contributed by atoms with van der Waals surface area (Å²) in [6, 6.07) is 18.8. The van der Waals surface area contributed by atoms with E-state index < -0.39 is 0 Å². The highest BCUT2D eigenvalue weighted by Gasteiger charge is 2.22. The van der Waals surface area contributed by atoms with Gasteiger partial charge in [-0.05, 0) is 32.4 Å². The van der Waals surface area contributed by atoms with Crippen LogP contribution >= 0.6 is 11.6 Å². The first kappa shape index (κ1) is 21.0. The van der Waals surface area contributed by atoms with E-state index in [-0.39, 0.29) is 0 Å². The van der Waals surface area contributed by atoms with Crippen LogP contribution in [0.5, 0.6) is 0 Å². The summed E-state index contributed by atoms with van der Waals surface area (Å²) in [6.07, 6.45) is 0. The van der Waals surface area contributed by atoms with Crippen LogP contribution in [-0.2, 0) is 6.54 Å². The maximum absolute atomic E-state index is 6.37. The van der Waals surface area contributed by atoms with Crippen molar-refractivity contribution in [1.29, 1.82) is 0 Å². The average molecular weight is 446 g/mol. The number of hydrogen-bond acceptors (Lipinski definition) is 4. The minimum atomic E-state index is 0.844. The van der Waals surface area contributed by atoms with E-state index in [9.17, 15) is 0 Å². The fraction of sp³-hybridized carbons (Fsp3) is 0.308. The lowest BCUT2D eigenvalue weighted by Gasteiger charge is -2.36. The Bertz CT molecular complexity index is 1250. The maximum Gasteiger partial charge on any atom is 0.161 e. The smallest absolute Gasteiger partial charge is 0.161 e. The summed E-state index contributed by atoms with van der Waals surface area (Å²) in [4.78, 5) is 9.72. The molecule has 0 radical (unpaired) electrons. The lowest BCUT2D eigenvalue weighted by atomic mass is 10.1. The van der Waals surface area contributed by atoms with E-state index in [2.05, 4.69) is 73.0 Å². The van der Waals surface area contributed by atoms with Gasteiger partial charge in [-0.25, -0.2) is 4.98 Å². The maximum atomic E-state index is 6.37. The third-order valence-corrected chi connectivity index (χ3v) is 6.67. The van der Waals surface area contributed by atoms with Crippen LogP contribution in [0, 0.1) is 20.8 Å². The predicted molar refractivity (Wildman–Crippen MR) is 132 cm³/mol. The average Bonchev–Trinajstić information content (AvgIpc) is 3.12. The second-order valence-corrected chi connectivity index (χ2v) is 9.09. The van der Waals surface area contributed by atoms with Gasteiger partial charge in [0.15, 0.2) is 5.65 Å². The quantitative estimate of drug-likeness (QED) is 0.427. The van der Waals surface area contributed by atoms with Crippen molar-refractivity contribution in [2.24, 2.45) is 0 Å². The van der Waals surface area contributed by atoms with E-state index in [1.165, 1.54) is 11.1 Å². The molecule has 0 aliphatic carbocycles. The Labute approximate surface area is 194 Å². The predicted octanol–water partition coefficient (Wildman–Crippen LogP) is 5.30. The Hall–Kier alpha value is -2.89. The number of piperazine rings is 1. The number of hydrogen-bond donors (Lipinski definition) is 0. The molecule has 4 aromatic rings. The normalized spacial score (nSPS) is 14.9. The van der Waals surface area contributed by atoms with Crippen LogP contribution in [0.3, 0.4) is 0 Å². The van der Waals surface area contributed by atoms with Crippen LogP contribution in [0.2, 0.25) is 5.02 Å². The minimum absolute atomic E-state index is 0.844. The Balaban J connectivity index is 1.41. The van der Waals surface area contributed by atoms with Gasteiger partial charge < -0.3 is 4.90 Å². The molecule has 32 heavy (non-hydrogen) atoms. The summed E-state index contributed by atoms with van der Waals surface area (Å²) in [7, 11) is 0. The summed E-state index contributed by atoms with van der Waals surface area (Å²) in [5, 5.41) is 5.85. The molecule has 6 heteroatoms. The monoisotopic (exact) mass is 445 g/mol. The second-order valence-electron chi connectivity index (χ2n) is 8.69. The molecule has 1 aliphatic rings. The van der Waals surface area contributed by atoms with E-state index in [0.29, 0.717) is 0 Å². The van der Waals surface area contributed by atoms with Gasteiger partial charge in [-0.2, -0.15) is 9.61 Å². The van der Waals surface area contributed by atoms with E-state index in [4.69, 9.17) is 21.7 Å². The summed E-state index contributed by atoms with van der Waals surface area (Å²) < 4.78 is 2.03. The number of fused-ring (bicyclic) bond motifs is 1. The first-order chi connectivity index (χ1) is 15.5. The number of benzene rings is 2. The molecule has 0 N–H and O–H groups in total. The van der Waals surface area contributed by atoms with E-state index in [1.54, 1.807) is 0 Å². The van der Waals surface area contributed by atoms with Crippen LogP contribution in [0.15, 0.2) is 54.6 Å². The van der Waals surface area contributed by atoms with Crippen LogP contribution in [0.25, 0.3) is 16.9 Å². The van der Waals surface area contributed by atoms with Crippen molar-refractivity contribution in [3.63, 3.8) is 0 Å². The Morgan fingerprint density at radius 3 is 2.34 bits per heavy atom. The number of anilines is 1. The number of halogens is 1. The van der Waals surface area contributed by atoms with E-state index in [1.807, 2.05) is 16.6 Å². The molecule has 0 amide bonds. The zero-order valence-corrected chi connectivity index (χ0v) is 19.6. The fourth-order valence-electron chi connectivity index (χ4n) is 4.44. The van der Waals surface area contributed by atoms with Crippen molar-refractivity contribution >= 4 is 23.1 Å². The van der Waals surface area contributed by atoms with Crippen molar-refractivity contribution in [1.82, 2.24) is 19.5 Å². The van der Waals surface area contributed by atoms with Crippen LogP contribution in [-0.4, -0.2) is 45.7 Å². The lowest BCUT2D eigenvalue weighted by molar-refractivity contribution is 0.249. The standard InChI is InChI=1S/C26H28ClN5/c1-18-8-10-21(11-9-18)25-20(3)26-28-19(2)16-24(32(26)29-25)31-14-12-30(13-15-31)17-22-6-4-5-7-23(22)27/h4-11,16H,12-15,17H2,1-3H3. The van der Waals surface area contributed by atoms with Gasteiger partial charge in [0.1, 0.15) is 5.82 Å². The van der Waals surface area contributed by atoms with Gasteiger partial charge >= 0.3 is 0 Å². The van der Waals surface area contributed by atoms with Crippen LogP contribution < -0.4 is 4.90 Å². The van der Waals surface area contributed by atoms with Gasteiger partial charge in [-0.15, -0.1) is 0 Å². The Kier molecular flexibility index (Phi) is 5.62. The molecule has 164 valence electrons.